The van der Waals surface area contributed by atoms with Gasteiger partial charge in [-0.05, 0) is 42.2 Å². The minimum absolute atomic E-state index is 0. The second kappa shape index (κ2) is 12.8. The number of β-amino-alcohol motifs (C(OH)–C–C–N with tert-alkyl or cyclic N) is 1. The van der Waals surface area contributed by atoms with Gasteiger partial charge < -0.3 is 20.5 Å². The summed E-state index contributed by atoms with van der Waals surface area (Å²) in [6.07, 6.45) is 0.590. The molecule has 0 aliphatic carbocycles. The van der Waals surface area contributed by atoms with Crippen LogP contribution < -0.4 is 15.4 Å². The number of fused-ring (bicyclic) bond motifs is 1. The Hall–Kier alpha value is -1.84. The number of nitrogens with zero attached hydrogens (tertiary/aromatic N) is 2. The molecule has 0 saturated carbocycles. The molecular formula is C23H33IN4O2. The molecule has 3 N–H and O–H groups in total. The third-order valence-electron chi connectivity index (χ3n) is 5.11. The highest BCUT2D eigenvalue weighted by Crippen LogP contribution is 2.18. The number of ether oxygens (including phenoxy) is 1. The number of aliphatic hydroxyl groups is 1. The number of aliphatic imine (C=N–C) groups is 1. The molecule has 0 radical (unpaired) electrons. The van der Waals surface area contributed by atoms with Crippen LogP contribution >= 0.6 is 24.0 Å². The van der Waals surface area contributed by atoms with Crippen molar-refractivity contribution in [3.63, 3.8) is 0 Å². The highest BCUT2D eigenvalue weighted by molar-refractivity contribution is 14.0. The van der Waals surface area contributed by atoms with E-state index >= 15 is 0 Å². The van der Waals surface area contributed by atoms with E-state index in [2.05, 4.69) is 44.8 Å². The monoisotopic (exact) mass is 524 g/mol. The molecule has 164 valence electrons. The van der Waals surface area contributed by atoms with E-state index in [-0.39, 0.29) is 24.0 Å². The van der Waals surface area contributed by atoms with Crippen LogP contribution in [0.1, 0.15) is 23.6 Å². The van der Waals surface area contributed by atoms with Gasteiger partial charge in [0.1, 0.15) is 5.75 Å². The van der Waals surface area contributed by atoms with Gasteiger partial charge in [-0.1, -0.05) is 36.4 Å². The smallest absolute Gasteiger partial charge is 0.191 e. The number of aliphatic hydroxyl groups excluding tert-OH is 1. The standard InChI is InChI=1S/C23H32N4O2.HI/c1-3-24-23(25-14-18-8-10-22(29-2)11-9-18)26-15-21(28)17-27-13-12-19-6-4-5-7-20(19)16-27;/h4-11,21,28H,3,12-17H2,1-2H3,(H2,24,25,26);1H. The Morgan fingerprint density at radius 2 is 1.87 bits per heavy atom. The van der Waals surface area contributed by atoms with Crippen molar-refractivity contribution in [1.29, 1.82) is 0 Å². The summed E-state index contributed by atoms with van der Waals surface area (Å²) in [6.45, 7) is 6.38. The molecule has 1 aliphatic rings. The van der Waals surface area contributed by atoms with Crippen molar-refractivity contribution in [3.05, 3.63) is 65.2 Å². The molecule has 2 aromatic rings. The van der Waals surface area contributed by atoms with Gasteiger partial charge in [-0.3, -0.25) is 4.90 Å². The Balaban J connectivity index is 0.00000320. The van der Waals surface area contributed by atoms with Gasteiger partial charge in [-0.2, -0.15) is 0 Å². The lowest BCUT2D eigenvalue weighted by Crippen LogP contribution is -2.45. The third kappa shape index (κ3) is 7.45. The molecule has 2 aromatic carbocycles. The largest absolute Gasteiger partial charge is 0.497 e. The maximum atomic E-state index is 10.5. The fourth-order valence-electron chi connectivity index (χ4n) is 3.53. The zero-order valence-electron chi connectivity index (χ0n) is 17.8. The Morgan fingerprint density at radius 3 is 2.57 bits per heavy atom. The first kappa shape index (κ1) is 24.4. The fourth-order valence-corrected chi connectivity index (χ4v) is 3.53. The number of hydrogen-bond donors (Lipinski definition) is 3. The van der Waals surface area contributed by atoms with Crippen LogP contribution in [0.4, 0.5) is 0 Å². The summed E-state index contributed by atoms with van der Waals surface area (Å²) in [5, 5.41) is 17.0. The van der Waals surface area contributed by atoms with E-state index in [0.29, 0.717) is 25.6 Å². The maximum absolute atomic E-state index is 10.5. The predicted octanol–water partition coefficient (Wildman–Crippen LogP) is 2.79. The van der Waals surface area contributed by atoms with Gasteiger partial charge in [0.25, 0.3) is 0 Å². The third-order valence-corrected chi connectivity index (χ3v) is 5.11. The zero-order valence-corrected chi connectivity index (χ0v) is 20.1. The number of nitrogens with one attached hydrogen (secondary N) is 2. The van der Waals surface area contributed by atoms with E-state index in [1.54, 1.807) is 7.11 Å². The zero-order chi connectivity index (χ0) is 20.5. The van der Waals surface area contributed by atoms with Crippen LogP contribution in [0.15, 0.2) is 53.5 Å². The molecule has 1 heterocycles. The lowest BCUT2D eigenvalue weighted by molar-refractivity contribution is 0.108. The second-order valence-corrected chi connectivity index (χ2v) is 7.33. The Labute approximate surface area is 196 Å². The van der Waals surface area contributed by atoms with Gasteiger partial charge in [-0.15, -0.1) is 24.0 Å². The number of halogens is 1. The molecule has 0 spiro atoms. The van der Waals surface area contributed by atoms with Crippen LogP contribution in [-0.4, -0.2) is 55.4 Å². The van der Waals surface area contributed by atoms with Crippen molar-refractivity contribution < 1.29 is 9.84 Å². The Bertz CT molecular complexity index is 798. The van der Waals surface area contributed by atoms with E-state index in [4.69, 9.17) is 4.74 Å². The molecule has 1 atom stereocenters. The quantitative estimate of drug-likeness (QED) is 0.282. The number of methoxy groups -OCH3 is 1. The van der Waals surface area contributed by atoms with Gasteiger partial charge in [0.05, 0.1) is 19.8 Å². The maximum Gasteiger partial charge on any atom is 0.191 e. The summed E-state index contributed by atoms with van der Waals surface area (Å²) >= 11 is 0. The molecule has 0 amide bonds. The molecule has 30 heavy (non-hydrogen) atoms. The van der Waals surface area contributed by atoms with Crippen molar-refractivity contribution in [2.75, 3.05) is 33.3 Å². The van der Waals surface area contributed by atoms with Crippen molar-refractivity contribution in [1.82, 2.24) is 15.5 Å². The number of hydrogen-bond acceptors (Lipinski definition) is 4. The second-order valence-electron chi connectivity index (χ2n) is 7.33. The summed E-state index contributed by atoms with van der Waals surface area (Å²) in [7, 11) is 1.66. The van der Waals surface area contributed by atoms with E-state index in [9.17, 15) is 5.11 Å². The van der Waals surface area contributed by atoms with Crippen molar-refractivity contribution >= 4 is 29.9 Å². The van der Waals surface area contributed by atoms with Crippen molar-refractivity contribution in [2.45, 2.75) is 32.5 Å². The molecule has 0 saturated heterocycles. The summed E-state index contributed by atoms with van der Waals surface area (Å²) in [5.74, 6) is 1.55. The molecule has 7 heteroatoms. The van der Waals surface area contributed by atoms with Gasteiger partial charge >= 0.3 is 0 Å². The lowest BCUT2D eigenvalue weighted by Gasteiger charge is -2.30. The van der Waals surface area contributed by atoms with E-state index in [1.165, 1.54) is 11.1 Å². The summed E-state index contributed by atoms with van der Waals surface area (Å²) in [6, 6.07) is 16.5. The van der Waals surface area contributed by atoms with E-state index < -0.39 is 6.10 Å². The first-order valence-corrected chi connectivity index (χ1v) is 10.3. The molecule has 0 fully saturated rings. The summed E-state index contributed by atoms with van der Waals surface area (Å²) in [4.78, 5) is 6.93. The van der Waals surface area contributed by atoms with Gasteiger partial charge in [0.15, 0.2) is 5.96 Å². The Morgan fingerprint density at radius 1 is 1.13 bits per heavy atom. The van der Waals surface area contributed by atoms with E-state index in [1.807, 2.05) is 31.2 Å². The molecular weight excluding hydrogens is 491 g/mol. The number of benzene rings is 2. The first-order valence-electron chi connectivity index (χ1n) is 10.3. The molecule has 3 rings (SSSR count). The number of guanidine groups is 1. The van der Waals surface area contributed by atoms with Crippen LogP contribution in [0.3, 0.4) is 0 Å². The van der Waals surface area contributed by atoms with Gasteiger partial charge in [0, 0.05) is 32.7 Å². The predicted molar refractivity (Wildman–Crippen MR) is 133 cm³/mol. The first-order chi connectivity index (χ1) is 14.2. The molecule has 0 aromatic heterocycles. The molecule has 1 unspecified atom stereocenters. The van der Waals surface area contributed by atoms with Crippen molar-refractivity contribution in [3.8, 4) is 5.75 Å². The Kier molecular flexibility index (Phi) is 10.4. The normalized spacial score (nSPS) is 15.0. The van der Waals surface area contributed by atoms with Gasteiger partial charge in [-0.25, -0.2) is 4.99 Å². The van der Waals surface area contributed by atoms with E-state index in [0.717, 1.165) is 37.4 Å². The van der Waals surface area contributed by atoms with Crippen LogP contribution in [0.5, 0.6) is 5.75 Å². The number of rotatable bonds is 8. The minimum atomic E-state index is -0.454. The molecule has 6 nitrogen and oxygen atoms in total. The SMILES string of the molecule is CCNC(=NCc1ccc(OC)cc1)NCC(O)CN1CCc2ccccc2C1.I. The van der Waals surface area contributed by atoms with Crippen LogP contribution in [-0.2, 0) is 19.5 Å². The summed E-state index contributed by atoms with van der Waals surface area (Å²) in [5.41, 5.74) is 3.90. The lowest BCUT2D eigenvalue weighted by atomic mass is 10.00. The van der Waals surface area contributed by atoms with Crippen LogP contribution in [0.2, 0.25) is 0 Å². The summed E-state index contributed by atoms with van der Waals surface area (Å²) < 4.78 is 5.19. The van der Waals surface area contributed by atoms with Gasteiger partial charge in [0.2, 0.25) is 0 Å². The average molecular weight is 524 g/mol. The van der Waals surface area contributed by atoms with Crippen molar-refractivity contribution in [2.24, 2.45) is 4.99 Å². The highest BCUT2D eigenvalue weighted by Gasteiger charge is 2.18. The molecule has 0 bridgehead atoms. The highest BCUT2D eigenvalue weighted by atomic mass is 127. The average Bonchev–Trinajstić information content (AvgIpc) is 2.76. The molecule has 1 aliphatic heterocycles. The van der Waals surface area contributed by atoms with Crippen LogP contribution in [0, 0.1) is 0 Å². The minimum Gasteiger partial charge on any atom is -0.497 e. The topological polar surface area (TPSA) is 69.1 Å². The fraction of sp³-hybridized carbons (Fsp3) is 0.435. The van der Waals surface area contributed by atoms with Crippen LogP contribution in [0.25, 0.3) is 0 Å².